The van der Waals surface area contributed by atoms with E-state index in [1.54, 1.807) is 0 Å². The Labute approximate surface area is 130 Å². The third-order valence-electron chi connectivity index (χ3n) is 5.01. The summed E-state index contributed by atoms with van der Waals surface area (Å²) in [6.45, 7) is 2.11. The predicted molar refractivity (Wildman–Crippen MR) is 86.2 cm³/mol. The fourth-order valence-corrected chi connectivity index (χ4v) is 4.69. The fraction of sp³-hybridized carbons (Fsp3) is 0.588. The Morgan fingerprint density at radius 1 is 1.29 bits per heavy atom. The van der Waals surface area contributed by atoms with E-state index in [1.165, 1.54) is 23.3 Å². The largest absolute Gasteiger partial charge is 0.317 e. The first-order chi connectivity index (χ1) is 10.2. The molecule has 1 spiro atoms. The predicted octanol–water partition coefficient (Wildman–Crippen LogP) is 2.85. The molecule has 1 saturated carbocycles. The fourth-order valence-electron chi connectivity index (χ4n) is 3.55. The molecule has 3 nitrogen and oxygen atoms in total. The van der Waals surface area contributed by atoms with Crippen molar-refractivity contribution in [3.63, 3.8) is 0 Å². The maximum atomic E-state index is 12.9. The monoisotopic (exact) mass is 302 g/mol. The number of nitrogens with one attached hydrogen (secondary N) is 1. The van der Waals surface area contributed by atoms with Gasteiger partial charge in [-0.1, -0.05) is 29.8 Å². The maximum Gasteiger partial charge on any atom is 0.244 e. The number of benzene rings is 1. The van der Waals surface area contributed by atoms with Crippen molar-refractivity contribution in [2.75, 3.05) is 11.5 Å². The number of carbonyl (C=O) groups is 1. The summed E-state index contributed by atoms with van der Waals surface area (Å²) >= 11 is 1.99. The van der Waals surface area contributed by atoms with Gasteiger partial charge in [0.05, 0.1) is 0 Å². The maximum absolute atomic E-state index is 12.9. The van der Waals surface area contributed by atoms with Crippen LogP contribution in [-0.2, 0) is 4.79 Å². The second-order valence-electron chi connectivity index (χ2n) is 6.62. The molecule has 2 unspecified atom stereocenters. The van der Waals surface area contributed by atoms with Gasteiger partial charge >= 0.3 is 0 Å². The molecule has 1 amide bonds. The molecule has 0 radical (unpaired) electrons. The Morgan fingerprint density at radius 2 is 2.05 bits per heavy atom. The first-order valence-corrected chi connectivity index (χ1v) is 9.10. The Kier molecular flexibility index (Phi) is 3.27. The standard InChI is InChI=1S/C17H22N2OS/c1-12-4-6-13(7-5-12)15-18-17(8-9-17)16(20)19(15)14-3-2-10-21-11-14/h4-7,14-15,18H,2-3,8-11H2,1H3. The zero-order chi connectivity index (χ0) is 14.4. The average Bonchev–Trinajstić information content (AvgIpc) is 3.23. The van der Waals surface area contributed by atoms with Crippen LogP contribution < -0.4 is 5.32 Å². The highest BCUT2D eigenvalue weighted by atomic mass is 32.2. The Balaban J connectivity index is 1.66. The van der Waals surface area contributed by atoms with Gasteiger partial charge in [0.2, 0.25) is 5.91 Å². The zero-order valence-corrected chi connectivity index (χ0v) is 13.3. The van der Waals surface area contributed by atoms with E-state index >= 15 is 0 Å². The Bertz CT molecular complexity index is 546. The molecular formula is C17H22N2OS. The minimum atomic E-state index is -0.225. The lowest BCUT2D eigenvalue weighted by Crippen LogP contribution is -2.43. The molecule has 1 N–H and O–H groups in total. The van der Waals surface area contributed by atoms with Crippen molar-refractivity contribution in [2.45, 2.75) is 50.4 Å². The summed E-state index contributed by atoms with van der Waals surface area (Å²) in [5.74, 6) is 2.68. The summed E-state index contributed by atoms with van der Waals surface area (Å²) in [6, 6.07) is 9.03. The molecule has 2 atom stereocenters. The van der Waals surface area contributed by atoms with Gasteiger partial charge < -0.3 is 4.90 Å². The lowest BCUT2D eigenvalue weighted by molar-refractivity contribution is -0.132. The summed E-state index contributed by atoms with van der Waals surface area (Å²) in [4.78, 5) is 15.1. The smallest absolute Gasteiger partial charge is 0.244 e. The second-order valence-corrected chi connectivity index (χ2v) is 7.77. The van der Waals surface area contributed by atoms with E-state index in [1.807, 2.05) is 11.8 Å². The van der Waals surface area contributed by atoms with E-state index in [0.717, 1.165) is 25.0 Å². The summed E-state index contributed by atoms with van der Waals surface area (Å²) in [5, 5.41) is 3.64. The Morgan fingerprint density at radius 3 is 2.67 bits per heavy atom. The molecule has 2 aliphatic heterocycles. The van der Waals surface area contributed by atoms with Crippen LogP contribution in [0.5, 0.6) is 0 Å². The number of thioether (sulfide) groups is 1. The molecule has 1 aromatic carbocycles. The van der Waals surface area contributed by atoms with Crippen molar-refractivity contribution < 1.29 is 4.79 Å². The topological polar surface area (TPSA) is 32.3 Å². The normalized spacial score (nSPS) is 30.9. The van der Waals surface area contributed by atoms with Crippen molar-refractivity contribution >= 4 is 17.7 Å². The third kappa shape index (κ3) is 2.29. The zero-order valence-electron chi connectivity index (χ0n) is 12.5. The van der Waals surface area contributed by atoms with Crippen LogP contribution in [0.3, 0.4) is 0 Å². The van der Waals surface area contributed by atoms with Crippen molar-refractivity contribution in [3.05, 3.63) is 35.4 Å². The summed E-state index contributed by atoms with van der Waals surface area (Å²) in [6.07, 6.45) is 4.46. The van der Waals surface area contributed by atoms with E-state index in [2.05, 4.69) is 41.4 Å². The SMILES string of the molecule is Cc1ccc(C2NC3(CC3)C(=O)N2C2CCCSC2)cc1. The highest BCUT2D eigenvalue weighted by Gasteiger charge is 2.60. The van der Waals surface area contributed by atoms with Crippen molar-refractivity contribution in [3.8, 4) is 0 Å². The molecule has 21 heavy (non-hydrogen) atoms. The first kappa shape index (κ1) is 13.6. The lowest BCUT2D eigenvalue weighted by atomic mass is 10.1. The molecule has 4 heteroatoms. The number of nitrogens with zero attached hydrogens (tertiary/aromatic N) is 1. The lowest BCUT2D eigenvalue weighted by Gasteiger charge is -2.35. The molecule has 2 heterocycles. The molecule has 1 aromatic rings. The molecule has 3 fully saturated rings. The molecule has 4 rings (SSSR count). The quantitative estimate of drug-likeness (QED) is 0.912. The Hall–Kier alpha value is -1.00. The molecule has 112 valence electrons. The molecule has 2 saturated heterocycles. The van der Waals surface area contributed by atoms with Gasteiger partial charge in [-0.2, -0.15) is 11.8 Å². The number of aryl methyl sites for hydroxylation is 1. The molecule has 0 aromatic heterocycles. The van der Waals surface area contributed by atoms with Crippen LogP contribution in [0.25, 0.3) is 0 Å². The van der Waals surface area contributed by atoms with Crippen LogP contribution in [0.15, 0.2) is 24.3 Å². The highest BCUT2D eigenvalue weighted by Crippen LogP contribution is 2.47. The van der Waals surface area contributed by atoms with Gasteiger partial charge in [0.15, 0.2) is 0 Å². The van der Waals surface area contributed by atoms with E-state index < -0.39 is 0 Å². The number of carbonyl (C=O) groups excluding carboxylic acids is 1. The van der Waals surface area contributed by atoms with E-state index in [0.29, 0.717) is 11.9 Å². The molecule has 3 aliphatic rings. The molecule has 1 aliphatic carbocycles. The van der Waals surface area contributed by atoms with Gasteiger partial charge in [0.25, 0.3) is 0 Å². The van der Waals surface area contributed by atoms with E-state index in [9.17, 15) is 4.79 Å². The van der Waals surface area contributed by atoms with Crippen LogP contribution in [0.4, 0.5) is 0 Å². The summed E-state index contributed by atoms with van der Waals surface area (Å²) < 4.78 is 0. The first-order valence-electron chi connectivity index (χ1n) is 7.94. The van der Waals surface area contributed by atoms with Gasteiger partial charge in [-0.05, 0) is 43.9 Å². The van der Waals surface area contributed by atoms with Gasteiger partial charge in [-0.25, -0.2) is 0 Å². The minimum absolute atomic E-state index is 0.0734. The number of rotatable bonds is 2. The third-order valence-corrected chi connectivity index (χ3v) is 6.21. The van der Waals surface area contributed by atoms with E-state index in [-0.39, 0.29) is 11.7 Å². The van der Waals surface area contributed by atoms with E-state index in [4.69, 9.17) is 0 Å². The van der Waals surface area contributed by atoms with Gasteiger partial charge in [0, 0.05) is 11.8 Å². The summed E-state index contributed by atoms with van der Waals surface area (Å²) in [7, 11) is 0. The van der Waals surface area contributed by atoms with Crippen LogP contribution in [0.1, 0.15) is 43.0 Å². The number of hydrogen-bond donors (Lipinski definition) is 1. The molecular weight excluding hydrogens is 280 g/mol. The van der Waals surface area contributed by atoms with Crippen LogP contribution in [0, 0.1) is 6.92 Å². The highest BCUT2D eigenvalue weighted by molar-refractivity contribution is 7.99. The van der Waals surface area contributed by atoms with Gasteiger partial charge in [-0.3, -0.25) is 10.1 Å². The van der Waals surface area contributed by atoms with Crippen molar-refractivity contribution in [2.24, 2.45) is 0 Å². The van der Waals surface area contributed by atoms with Crippen molar-refractivity contribution in [1.82, 2.24) is 10.2 Å². The summed E-state index contributed by atoms with van der Waals surface area (Å²) in [5.41, 5.74) is 2.27. The van der Waals surface area contributed by atoms with Crippen LogP contribution >= 0.6 is 11.8 Å². The second kappa shape index (κ2) is 5.03. The van der Waals surface area contributed by atoms with Crippen molar-refractivity contribution in [1.29, 1.82) is 0 Å². The number of amides is 1. The average molecular weight is 302 g/mol. The van der Waals surface area contributed by atoms with Crippen LogP contribution in [0.2, 0.25) is 0 Å². The van der Waals surface area contributed by atoms with Gasteiger partial charge in [0.1, 0.15) is 11.7 Å². The minimum Gasteiger partial charge on any atom is -0.317 e. The molecule has 0 bridgehead atoms. The number of hydrogen-bond acceptors (Lipinski definition) is 3. The van der Waals surface area contributed by atoms with Crippen LogP contribution in [-0.4, -0.2) is 33.9 Å². The van der Waals surface area contributed by atoms with Gasteiger partial charge in [-0.15, -0.1) is 0 Å².